The number of hydrogen-bond acceptors (Lipinski definition) is 4. The molecule has 3 amide bonds. The molecule has 10 heteroatoms. The molecule has 2 atom stereocenters. The summed E-state index contributed by atoms with van der Waals surface area (Å²) in [6.45, 7) is 3.56. The molecule has 7 nitrogen and oxygen atoms in total. The number of rotatable bonds is 5. The Morgan fingerprint density at radius 3 is 2.50 bits per heavy atom. The minimum Gasteiger partial charge on any atom is -0.334 e. The van der Waals surface area contributed by atoms with Crippen molar-refractivity contribution in [2.45, 2.75) is 32.4 Å². The largest absolute Gasteiger partial charge is 0.334 e. The van der Waals surface area contributed by atoms with Gasteiger partial charge in [-0.3, -0.25) is 4.79 Å². The van der Waals surface area contributed by atoms with Gasteiger partial charge in [-0.15, -0.1) is 0 Å². The van der Waals surface area contributed by atoms with E-state index in [1.54, 1.807) is 26.0 Å². The van der Waals surface area contributed by atoms with Gasteiger partial charge in [0, 0.05) is 11.1 Å². The summed E-state index contributed by atoms with van der Waals surface area (Å²) in [5, 5.41) is 8.59. The fraction of sp³-hybridized carbons (Fsp3) is 0.500. The first-order valence-corrected chi connectivity index (χ1v) is 10.7. The lowest BCUT2D eigenvalue weighted by molar-refractivity contribution is -0.118. The zero-order chi connectivity index (χ0) is 19.5. The van der Waals surface area contributed by atoms with Crippen molar-refractivity contribution in [2.24, 2.45) is 5.92 Å². The Kier molecular flexibility index (Phi) is 6.76. The Morgan fingerprint density at radius 1 is 1.23 bits per heavy atom. The number of benzene rings is 1. The fourth-order valence-electron chi connectivity index (χ4n) is 2.62. The quantitative estimate of drug-likeness (QED) is 0.678. The highest BCUT2D eigenvalue weighted by Crippen LogP contribution is 2.25. The van der Waals surface area contributed by atoms with Gasteiger partial charge < -0.3 is 16.0 Å². The zero-order valence-electron chi connectivity index (χ0n) is 14.4. The molecule has 1 aliphatic heterocycles. The van der Waals surface area contributed by atoms with Crippen molar-refractivity contribution in [3.8, 4) is 0 Å². The number of urea groups is 1. The van der Waals surface area contributed by atoms with Crippen LogP contribution in [0.5, 0.6) is 0 Å². The summed E-state index contributed by atoms with van der Waals surface area (Å²) < 4.78 is 22.9. The van der Waals surface area contributed by atoms with E-state index in [1.807, 2.05) is 0 Å². The highest BCUT2D eigenvalue weighted by Gasteiger charge is 2.31. The molecule has 1 saturated heterocycles. The number of halogens is 2. The molecule has 2 rings (SSSR count). The summed E-state index contributed by atoms with van der Waals surface area (Å²) in [7, 11) is -3.10. The minimum atomic E-state index is -3.10. The van der Waals surface area contributed by atoms with Crippen molar-refractivity contribution >= 4 is 50.7 Å². The van der Waals surface area contributed by atoms with E-state index in [0.29, 0.717) is 22.2 Å². The van der Waals surface area contributed by atoms with E-state index in [9.17, 15) is 18.0 Å². The van der Waals surface area contributed by atoms with E-state index in [4.69, 9.17) is 23.2 Å². The van der Waals surface area contributed by atoms with Crippen LogP contribution in [0.15, 0.2) is 18.2 Å². The zero-order valence-corrected chi connectivity index (χ0v) is 16.7. The van der Waals surface area contributed by atoms with Crippen LogP contribution in [0.2, 0.25) is 10.0 Å². The van der Waals surface area contributed by atoms with Crippen LogP contribution in [0.4, 0.5) is 10.5 Å². The van der Waals surface area contributed by atoms with Gasteiger partial charge in [0.15, 0.2) is 9.84 Å². The maximum absolute atomic E-state index is 12.5. The summed E-state index contributed by atoms with van der Waals surface area (Å²) in [6, 6.07) is 2.81. The number of hydrogen-bond donors (Lipinski definition) is 3. The molecule has 0 bridgehead atoms. The highest BCUT2D eigenvalue weighted by atomic mass is 35.5. The molecular weight excluding hydrogens is 401 g/mol. The van der Waals surface area contributed by atoms with E-state index in [0.717, 1.165) is 0 Å². The van der Waals surface area contributed by atoms with E-state index >= 15 is 0 Å². The molecule has 26 heavy (non-hydrogen) atoms. The third-order valence-corrected chi connectivity index (χ3v) is 6.32. The lowest BCUT2D eigenvalue weighted by Crippen LogP contribution is -2.52. The van der Waals surface area contributed by atoms with Gasteiger partial charge in [-0.05, 0) is 30.5 Å². The molecule has 1 aromatic carbocycles. The van der Waals surface area contributed by atoms with Crippen LogP contribution in [0.1, 0.15) is 20.3 Å². The molecule has 1 aromatic rings. The molecule has 1 heterocycles. The maximum atomic E-state index is 12.5. The minimum absolute atomic E-state index is 0.0549. The van der Waals surface area contributed by atoms with Gasteiger partial charge >= 0.3 is 6.03 Å². The van der Waals surface area contributed by atoms with Gasteiger partial charge in [0.2, 0.25) is 5.91 Å². The second-order valence-corrected chi connectivity index (χ2v) is 9.63. The van der Waals surface area contributed by atoms with Crippen LogP contribution in [-0.2, 0) is 14.6 Å². The van der Waals surface area contributed by atoms with Crippen LogP contribution < -0.4 is 16.0 Å². The first-order chi connectivity index (χ1) is 12.1. The third kappa shape index (κ3) is 5.75. The Bertz CT molecular complexity index is 799. The predicted octanol–water partition coefficient (Wildman–Crippen LogP) is 2.44. The van der Waals surface area contributed by atoms with Crippen LogP contribution in [0, 0.1) is 5.92 Å². The molecule has 3 N–H and O–H groups in total. The molecule has 0 radical (unpaired) electrons. The number of carbonyl (C=O) groups excluding carboxylic acids is 2. The molecule has 0 aliphatic carbocycles. The average Bonchev–Trinajstić information content (AvgIpc) is 2.86. The van der Waals surface area contributed by atoms with Crippen LogP contribution >= 0.6 is 23.2 Å². The summed E-state index contributed by atoms with van der Waals surface area (Å²) in [6.07, 6.45) is 0.367. The van der Waals surface area contributed by atoms with E-state index in [1.165, 1.54) is 6.07 Å². The summed E-state index contributed by atoms with van der Waals surface area (Å²) in [5.74, 6) is -0.680. The number of amides is 3. The summed E-state index contributed by atoms with van der Waals surface area (Å²) in [5.41, 5.74) is 0.346. The second-order valence-electron chi connectivity index (χ2n) is 6.55. The number of sulfone groups is 1. The Balaban J connectivity index is 2.00. The highest BCUT2D eigenvalue weighted by molar-refractivity contribution is 7.91. The molecule has 1 fully saturated rings. The van der Waals surface area contributed by atoms with Crippen molar-refractivity contribution < 1.29 is 18.0 Å². The van der Waals surface area contributed by atoms with E-state index in [2.05, 4.69) is 16.0 Å². The van der Waals surface area contributed by atoms with E-state index < -0.39 is 33.9 Å². The lowest BCUT2D eigenvalue weighted by atomic mass is 10.0. The number of anilines is 1. The number of nitrogens with one attached hydrogen (secondary N) is 3. The van der Waals surface area contributed by atoms with Crippen molar-refractivity contribution in [1.82, 2.24) is 10.6 Å². The van der Waals surface area contributed by atoms with Crippen molar-refractivity contribution in [3.63, 3.8) is 0 Å². The molecule has 0 spiro atoms. The monoisotopic (exact) mass is 421 g/mol. The number of carbonyl (C=O) groups is 2. The average molecular weight is 422 g/mol. The van der Waals surface area contributed by atoms with Gasteiger partial charge in [-0.1, -0.05) is 37.0 Å². The Labute approximate surface area is 162 Å². The van der Waals surface area contributed by atoms with Crippen LogP contribution in [-0.4, -0.2) is 43.9 Å². The fourth-order valence-corrected chi connectivity index (χ4v) is 4.63. The molecule has 144 valence electrons. The van der Waals surface area contributed by atoms with Crippen molar-refractivity contribution in [3.05, 3.63) is 28.2 Å². The van der Waals surface area contributed by atoms with Gasteiger partial charge in [0.05, 0.1) is 22.2 Å². The molecular formula is C16H21Cl2N3O4S. The third-order valence-electron chi connectivity index (χ3n) is 3.99. The molecule has 0 aromatic heterocycles. The SMILES string of the molecule is CC(C)[C@H](NC(=O)N[C@H]1CCS(=O)(=O)C1)C(=O)Nc1cc(Cl)ccc1Cl. The summed E-state index contributed by atoms with van der Waals surface area (Å²) >= 11 is 11.9. The van der Waals surface area contributed by atoms with E-state index in [-0.39, 0.29) is 17.4 Å². The topological polar surface area (TPSA) is 104 Å². The first kappa shape index (κ1) is 20.8. The second kappa shape index (κ2) is 8.45. The standard InChI is InChI=1S/C16H21Cl2N3O4S/c1-9(2)14(15(22)20-13-7-10(17)3-4-12(13)18)21-16(23)19-11-5-6-26(24,25)8-11/h3-4,7,9,11,14H,5-6,8H2,1-2H3,(H,20,22)(H2,19,21,23)/t11-,14-/m0/s1. The predicted molar refractivity (Wildman–Crippen MR) is 102 cm³/mol. The van der Waals surface area contributed by atoms with Gasteiger partial charge in [0.1, 0.15) is 6.04 Å². The first-order valence-electron chi connectivity index (χ1n) is 8.11. The maximum Gasteiger partial charge on any atom is 0.315 e. The Morgan fingerprint density at radius 2 is 1.92 bits per heavy atom. The van der Waals surface area contributed by atoms with Crippen LogP contribution in [0.25, 0.3) is 0 Å². The normalized spacial score (nSPS) is 19.8. The lowest BCUT2D eigenvalue weighted by Gasteiger charge is -2.23. The molecule has 0 unspecified atom stereocenters. The molecule has 0 saturated carbocycles. The smallest absolute Gasteiger partial charge is 0.315 e. The summed E-state index contributed by atoms with van der Waals surface area (Å²) in [4.78, 5) is 24.7. The van der Waals surface area contributed by atoms with Crippen molar-refractivity contribution in [2.75, 3.05) is 16.8 Å². The molecule has 1 aliphatic rings. The van der Waals surface area contributed by atoms with Gasteiger partial charge in [-0.2, -0.15) is 0 Å². The van der Waals surface area contributed by atoms with Gasteiger partial charge in [-0.25, -0.2) is 13.2 Å². The van der Waals surface area contributed by atoms with Crippen LogP contribution in [0.3, 0.4) is 0 Å². The van der Waals surface area contributed by atoms with Crippen molar-refractivity contribution in [1.29, 1.82) is 0 Å². The Hall–Kier alpha value is -1.51. The van der Waals surface area contributed by atoms with Gasteiger partial charge in [0.25, 0.3) is 0 Å².